The summed E-state index contributed by atoms with van der Waals surface area (Å²) < 4.78 is 5.28. The van der Waals surface area contributed by atoms with E-state index in [9.17, 15) is 5.26 Å². The van der Waals surface area contributed by atoms with Gasteiger partial charge >= 0.3 is 0 Å². The Bertz CT molecular complexity index is 1120. The average molecular weight is 401 g/mol. The fourth-order valence-electron chi connectivity index (χ4n) is 3.82. The first-order valence-corrected chi connectivity index (χ1v) is 9.64. The molecule has 1 unspecified atom stereocenters. The molecule has 0 fully saturated rings. The van der Waals surface area contributed by atoms with Gasteiger partial charge in [0.05, 0.1) is 24.1 Å². The Kier molecular flexibility index (Phi) is 5.21. The Morgan fingerprint density at radius 2 is 2.13 bits per heavy atom. The number of nitrogens with one attached hydrogen (secondary N) is 3. The Morgan fingerprint density at radius 3 is 2.90 bits per heavy atom. The van der Waals surface area contributed by atoms with Gasteiger partial charge in [0, 0.05) is 36.5 Å². The summed E-state index contributed by atoms with van der Waals surface area (Å²) in [6.45, 7) is 3.77. The van der Waals surface area contributed by atoms with Crippen LogP contribution < -0.4 is 20.7 Å². The minimum Gasteiger partial charge on any atom is -0.480 e. The van der Waals surface area contributed by atoms with Crippen LogP contribution in [0.4, 0.5) is 17.3 Å². The third-order valence-electron chi connectivity index (χ3n) is 5.29. The van der Waals surface area contributed by atoms with Crippen LogP contribution in [0.25, 0.3) is 11.3 Å². The van der Waals surface area contributed by atoms with E-state index in [4.69, 9.17) is 4.74 Å². The molecular weight excluding hydrogens is 378 g/mol. The van der Waals surface area contributed by atoms with Crippen LogP contribution in [-0.2, 0) is 5.41 Å². The lowest BCUT2D eigenvalue weighted by Gasteiger charge is -2.24. The van der Waals surface area contributed by atoms with Crippen LogP contribution >= 0.6 is 0 Å². The molecule has 0 saturated carbocycles. The number of aromatic nitrogens is 3. The third kappa shape index (κ3) is 3.51. The number of nitriles is 1. The minimum atomic E-state index is -0.108. The van der Waals surface area contributed by atoms with E-state index < -0.39 is 0 Å². The van der Waals surface area contributed by atoms with Crippen LogP contribution in [0.2, 0.25) is 0 Å². The van der Waals surface area contributed by atoms with Gasteiger partial charge in [-0.3, -0.25) is 0 Å². The zero-order valence-corrected chi connectivity index (χ0v) is 17.2. The van der Waals surface area contributed by atoms with Gasteiger partial charge in [0.1, 0.15) is 11.8 Å². The van der Waals surface area contributed by atoms with Gasteiger partial charge in [-0.05, 0) is 42.9 Å². The van der Waals surface area contributed by atoms with E-state index in [0.717, 1.165) is 35.6 Å². The van der Waals surface area contributed by atoms with Gasteiger partial charge in [-0.25, -0.2) is 15.0 Å². The summed E-state index contributed by atoms with van der Waals surface area (Å²) in [6, 6.07) is 11.8. The molecule has 1 aromatic carbocycles. The van der Waals surface area contributed by atoms with Crippen molar-refractivity contribution in [3.8, 4) is 23.2 Å². The average Bonchev–Trinajstić information content (AvgIpc) is 3.10. The molecule has 0 amide bonds. The molecule has 8 heteroatoms. The van der Waals surface area contributed by atoms with Crippen molar-refractivity contribution in [2.75, 3.05) is 37.9 Å². The van der Waals surface area contributed by atoms with Crippen LogP contribution in [-0.4, -0.2) is 42.2 Å². The summed E-state index contributed by atoms with van der Waals surface area (Å²) >= 11 is 0. The third-order valence-corrected chi connectivity index (χ3v) is 5.29. The van der Waals surface area contributed by atoms with Crippen molar-refractivity contribution in [1.82, 2.24) is 20.3 Å². The van der Waals surface area contributed by atoms with Gasteiger partial charge in [-0.1, -0.05) is 6.92 Å². The maximum atomic E-state index is 9.71. The predicted molar refractivity (Wildman–Crippen MR) is 116 cm³/mol. The fourth-order valence-corrected chi connectivity index (χ4v) is 3.82. The van der Waals surface area contributed by atoms with Gasteiger partial charge in [-0.15, -0.1) is 0 Å². The molecule has 3 heterocycles. The molecule has 0 saturated heterocycles. The van der Waals surface area contributed by atoms with Crippen molar-refractivity contribution in [2.45, 2.75) is 12.3 Å². The second-order valence-electron chi connectivity index (χ2n) is 7.45. The molecule has 0 aliphatic carbocycles. The van der Waals surface area contributed by atoms with Crippen molar-refractivity contribution in [3.63, 3.8) is 0 Å². The molecule has 2 aromatic heterocycles. The van der Waals surface area contributed by atoms with Crippen molar-refractivity contribution in [3.05, 3.63) is 53.9 Å². The zero-order valence-electron chi connectivity index (χ0n) is 17.2. The molecule has 30 heavy (non-hydrogen) atoms. The van der Waals surface area contributed by atoms with Gasteiger partial charge in [0.15, 0.2) is 0 Å². The van der Waals surface area contributed by atoms with Crippen molar-refractivity contribution >= 4 is 17.3 Å². The van der Waals surface area contributed by atoms with E-state index in [0.29, 0.717) is 23.1 Å². The first-order valence-electron chi connectivity index (χ1n) is 9.64. The number of hydrogen-bond acceptors (Lipinski definition) is 8. The highest BCUT2D eigenvalue weighted by Crippen LogP contribution is 2.41. The minimum absolute atomic E-state index is 0.108. The standard InChI is InChI=1S/C22H23N7O/c1-22(12-24-2)13-27-19-15(11-23)9-14(10-16(19)22)17-6-8-26-21(28-17)29-18-5-4-7-25-20(18)30-3/h4-10,24,27H,12-13H2,1-3H3,(H,26,28,29). The lowest BCUT2D eigenvalue weighted by atomic mass is 9.82. The van der Waals surface area contributed by atoms with Crippen molar-refractivity contribution < 1.29 is 4.74 Å². The highest BCUT2D eigenvalue weighted by molar-refractivity contribution is 5.76. The number of fused-ring (bicyclic) bond motifs is 1. The molecule has 4 rings (SSSR count). The van der Waals surface area contributed by atoms with E-state index in [1.807, 2.05) is 31.3 Å². The van der Waals surface area contributed by atoms with Crippen molar-refractivity contribution in [2.24, 2.45) is 0 Å². The lowest BCUT2D eigenvalue weighted by molar-refractivity contribution is 0.400. The molecule has 1 aliphatic heterocycles. The molecule has 8 nitrogen and oxygen atoms in total. The van der Waals surface area contributed by atoms with Gasteiger partial charge in [0.25, 0.3) is 0 Å². The first-order chi connectivity index (χ1) is 14.6. The molecule has 3 aromatic rings. The van der Waals surface area contributed by atoms with Gasteiger partial charge in [-0.2, -0.15) is 5.26 Å². The Labute approximate surface area is 175 Å². The van der Waals surface area contributed by atoms with Gasteiger partial charge in [0.2, 0.25) is 11.8 Å². The lowest BCUT2D eigenvalue weighted by Crippen LogP contribution is -2.35. The Morgan fingerprint density at radius 1 is 1.27 bits per heavy atom. The molecule has 0 radical (unpaired) electrons. The van der Waals surface area contributed by atoms with E-state index in [1.54, 1.807) is 19.5 Å². The summed E-state index contributed by atoms with van der Waals surface area (Å²) in [4.78, 5) is 13.2. The number of nitrogens with zero attached hydrogens (tertiary/aromatic N) is 4. The number of anilines is 3. The molecule has 1 atom stereocenters. The number of likely N-dealkylation sites (N-methyl/N-ethyl adjacent to an activating group) is 1. The molecule has 1 aliphatic rings. The number of pyridine rings is 1. The SMILES string of the molecule is CNCC1(C)CNc2c(C#N)cc(-c3ccnc(Nc4cccnc4OC)n3)cc21. The normalized spacial score (nSPS) is 17.0. The summed E-state index contributed by atoms with van der Waals surface area (Å²) in [5.74, 6) is 0.888. The first kappa shape index (κ1) is 19.6. The largest absolute Gasteiger partial charge is 0.480 e. The summed E-state index contributed by atoms with van der Waals surface area (Å²) in [5, 5.41) is 19.5. The number of ether oxygens (including phenoxy) is 1. The van der Waals surface area contributed by atoms with Crippen LogP contribution in [0, 0.1) is 11.3 Å². The number of benzene rings is 1. The smallest absolute Gasteiger partial charge is 0.237 e. The van der Waals surface area contributed by atoms with E-state index >= 15 is 0 Å². The fraction of sp³-hybridized carbons (Fsp3) is 0.273. The molecule has 0 bridgehead atoms. The molecular formula is C22H23N7O. The number of methoxy groups -OCH3 is 1. The van der Waals surface area contributed by atoms with Crippen molar-refractivity contribution in [1.29, 1.82) is 5.26 Å². The highest BCUT2D eigenvalue weighted by atomic mass is 16.5. The van der Waals surface area contributed by atoms with E-state index in [-0.39, 0.29) is 5.41 Å². The van der Waals surface area contributed by atoms with Crippen LogP contribution in [0.5, 0.6) is 5.88 Å². The zero-order chi connectivity index (χ0) is 21.1. The maximum Gasteiger partial charge on any atom is 0.237 e. The summed E-state index contributed by atoms with van der Waals surface area (Å²) in [5.41, 5.74) is 4.81. The van der Waals surface area contributed by atoms with Gasteiger partial charge < -0.3 is 20.7 Å². The Hall–Kier alpha value is -3.70. The molecule has 3 N–H and O–H groups in total. The van der Waals surface area contributed by atoms with E-state index in [2.05, 4.69) is 50.0 Å². The molecule has 152 valence electrons. The van der Waals surface area contributed by atoms with Crippen LogP contribution in [0.1, 0.15) is 18.1 Å². The topological polar surface area (TPSA) is 108 Å². The summed E-state index contributed by atoms with van der Waals surface area (Å²) in [6.07, 6.45) is 3.35. The second kappa shape index (κ2) is 7.97. The predicted octanol–water partition coefficient (Wildman–Crippen LogP) is 3.07. The van der Waals surface area contributed by atoms with Crippen LogP contribution in [0.15, 0.2) is 42.7 Å². The second-order valence-corrected chi connectivity index (χ2v) is 7.45. The molecule has 0 spiro atoms. The monoisotopic (exact) mass is 401 g/mol. The quantitative estimate of drug-likeness (QED) is 0.578. The van der Waals surface area contributed by atoms with E-state index in [1.165, 1.54) is 0 Å². The maximum absolute atomic E-state index is 9.71. The number of hydrogen-bond donors (Lipinski definition) is 3. The number of rotatable bonds is 6. The highest BCUT2D eigenvalue weighted by Gasteiger charge is 2.35. The Balaban J connectivity index is 1.73. The summed E-state index contributed by atoms with van der Waals surface area (Å²) in [7, 11) is 3.50. The van der Waals surface area contributed by atoms with Crippen LogP contribution in [0.3, 0.4) is 0 Å².